The van der Waals surface area contributed by atoms with Gasteiger partial charge < -0.3 is 4.74 Å². The minimum absolute atomic E-state index is 0.0893. The third kappa shape index (κ3) is 7.00. The molecular formula is C26H27N3O5S. The highest BCUT2D eigenvalue weighted by molar-refractivity contribution is 7.92. The summed E-state index contributed by atoms with van der Waals surface area (Å²) >= 11 is 0. The summed E-state index contributed by atoms with van der Waals surface area (Å²) in [6, 6.07) is 18.4. The van der Waals surface area contributed by atoms with E-state index >= 15 is 0 Å². The SMILES string of the molecule is CC(=O)Oc1ccc(/C=N\NC(=O)CN(c2cc(C)cc(C)c2)S(=O)(=O)c2ccc(C)cc2)cc1. The lowest BCUT2D eigenvalue weighted by Crippen LogP contribution is -2.39. The standard InChI is InChI=1S/C26H27N3O5S/c1-18-5-11-25(12-6-18)35(32,33)29(23-14-19(2)13-20(3)15-23)17-26(31)28-27-16-22-7-9-24(10-8-22)34-21(4)30/h5-16H,17H2,1-4H3,(H,28,31)/b27-16-. The fourth-order valence-corrected chi connectivity index (χ4v) is 4.78. The van der Waals surface area contributed by atoms with Crippen LogP contribution in [0.2, 0.25) is 0 Å². The number of amides is 1. The zero-order chi connectivity index (χ0) is 25.6. The van der Waals surface area contributed by atoms with E-state index in [-0.39, 0.29) is 4.90 Å². The summed E-state index contributed by atoms with van der Waals surface area (Å²) in [5, 5.41) is 3.93. The summed E-state index contributed by atoms with van der Waals surface area (Å²) in [4.78, 5) is 23.8. The molecule has 3 aromatic carbocycles. The van der Waals surface area contributed by atoms with Crippen molar-refractivity contribution < 1.29 is 22.7 Å². The van der Waals surface area contributed by atoms with Gasteiger partial charge in [-0.25, -0.2) is 13.8 Å². The lowest BCUT2D eigenvalue weighted by Gasteiger charge is -2.24. The first kappa shape index (κ1) is 25.6. The van der Waals surface area contributed by atoms with Gasteiger partial charge in [-0.2, -0.15) is 5.10 Å². The van der Waals surface area contributed by atoms with Gasteiger partial charge in [-0.15, -0.1) is 0 Å². The summed E-state index contributed by atoms with van der Waals surface area (Å²) in [6.07, 6.45) is 1.41. The van der Waals surface area contributed by atoms with E-state index in [0.29, 0.717) is 17.0 Å². The van der Waals surface area contributed by atoms with Crippen LogP contribution in [0.4, 0.5) is 5.69 Å². The molecule has 8 nitrogen and oxygen atoms in total. The van der Waals surface area contributed by atoms with E-state index in [4.69, 9.17) is 4.74 Å². The highest BCUT2D eigenvalue weighted by atomic mass is 32.2. The number of sulfonamides is 1. The van der Waals surface area contributed by atoms with Crippen molar-refractivity contribution in [3.05, 3.63) is 89.0 Å². The number of hydrazone groups is 1. The molecule has 0 aliphatic heterocycles. The minimum Gasteiger partial charge on any atom is -0.427 e. The van der Waals surface area contributed by atoms with E-state index in [2.05, 4.69) is 10.5 Å². The maximum absolute atomic E-state index is 13.5. The molecule has 3 aromatic rings. The maximum atomic E-state index is 13.5. The number of hydrogen-bond acceptors (Lipinski definition) is 6. The van der Waals surface area contributed by atoms with Crippen LogP contribution in [0, 0.1) is 20.8 Å². The predicted molar refractivity (Wildman–Crippen MR) is 135 cm³/mol. The molecule has 0 spiro atoms. The molecule has 0 unspecified atom stereocenters. The number of aryl methyl sites for hydroxylation is 3. The summed E-state index contributed by atoms with van der Waals surface area (Å²) in [7, 11) is -4.01. The van der Waals surface area contributed by atoms with Gasteiger partial charge in [-0.1, -0.05) is 23.8 Å². The number of esters is 1. The molecule has 0 aliphatic carbocycles. The molecule has 0 fully saturated rings. The van der Waals surface area contributed by atoms with Crippen LogP contribution in [0.5, 0.6) is 5.75 Å². The third-order valence-corrected chi connectivity index (χ3v) is 6.72. The average molecular weight is 494 g/mol. The molecule has 0 saturated heterocycles. The third-order valence-electron chi connectivity index (χ3n) is 4.94. The Morgan fingerprint density at radius 3 is 2.09 bits per heavy atom. The average Bonchev–Trinajstić information content (AvgIpc) is 2.78. The second-order valence-electron chi connectivity index (χ2n) is 8.13. The van der Waals surface area contributed by atoms with Gasteiger partial charge in [0.25, 0.3) is 15.9 Å². The number of hydrogen-bond donors (Lipinski definition) is 1. The Balaban J connectivity index is 1.80. The van der Waals surface area contributed by atoms with Gasteiger partial charge in [-0.05, 0) is 86.0 Å². The van der Waals surface area contributed by atoms with E-state index in [1.807, 2.05) is 26.8 Å². The van der Waals surface area contributed by atoms with Crippen LogP contribution in [-0.4, -0.2) is 33.1 Å². The largest absolute Gasteiger partial charge is 0.427 e. The summed E-state index contributed by atoms with van der Waals surface area (Å²) in [6.45, 7) is 6.45. The Kier molecular flexibility index (Phi) is 8.03. The van der Waals surface area contributed by atoms with E-state index in [1.54, 1.807) is 48.5 Å². The highest BCUT2D eigenvalue weighted by Crippen LogP contribution is 2.26. The molecule has 182 valence electrons. The van der Waals surface area contributed by atoms with Crippen molar-refractivity contribution in [2.45, 2.75) is 32.6 Å². The van der Waals surface area contributed by atoms with Gasteiger partial charge in [-0.3, -0.25) is 13.9 Å². The summed E-state index contributed by atoms with van der Waals surface area (Å²) < 4.78 is 33.0. The molecule has 1 N–H and O–H groups in total. The number of anilines is 1. The molecule has 0 saturated carbocycles. The minimum atomic E-state index is -4.01. The summed E-state index contributed by atoms with van der Waals surface area (Å²) in [5.41, 5.74) is 6.10. The molecular weight excluding hydrogens is 466 g/mol. The first-order valence-corrected chi connectivity index (χ1v) is 12.3. The number of benzene rings is 3. The molecule has 0 aromatic heterocycles. The molecule has 0 heterocycles. The fourth-order valence-electron chi connectivity index (χ4n) is 3.38. The zero-order valence-corrected chi connectivity index (χ0v) is 20.8. The Hall–Kier alpha value is -3.98. The number of rotatable bonds is 8. The van der Waals surface area contributed by atoms with E-state index in [0.717, 1.165) is 21.0 Å². The van der Waals surface area contributed by atoms with Gasteiger partial charge in [0.15, 0.2) is 0 Å². The van der Waals surface area contributed by atoms with Gasteiger partial charge in [0.05, 0.1) is 16.8 Å². The molecule has 0 atom stereocenters. The van der Waals surface area contributed by atoms with E-state index in [9.17, 15) is 18.0 Å². The van der Waals surface area contributed by atoms with Crippen LogP contribution < -0.4 is 14.5 Å². The predicted octanol–water partition coefficient (Wildman–Crippen LogP) is 3.88. The van der Waals surface area contributed by atoms with Crippen LogP contribution in [0.3, 0.4) is 0 Å². The fraction of sp³-hybridized carbons (Fsp3) is 0.192. The van der Waals surface area contributed by atoms with Crippen molar-refractivity contribution in [3.8, 4) is 5.75 Å². The number of carbonyl (C=O) groups is 2. The monoisotopic (exact) mass is 493 g/mol. The van der Waals surface area contributed by atoms with Gasteiger partial charge >= 0.3 is 5.97 Å². The molecule has 0 aliphatic rings. The van der Waals surface area contributed by atoms with E-state index < -0.39 is 28.4 Å². The van der Waals surface area contributed by atoms with Crippen LogP contribution in [0.25, 0.3) is 0 Å². The maximum Gasteiger partial charge on any atom is 0.308 e. The Morgan fingerprint density at radius 2 is 1.51 bits per heavy atom. The van der Waals surface area contributed by atoms with Crippen molar-refractivity contribution >= 4 is 33.8 Å². The Morgan fingerprint density at radius 1 is 0.914 bits per heavy atom. The van der Waals surface area contributed by atoms with Gasteiger partial charge in [0, 0.05) is 6.92 Å². The molecule has 0 radical (unpaired) electrons. The zero-order valence-electron chi connectivity index (χ0n) is 20.0. The smallest absolute Gasteiger partial charge is 0.308 e. The quantitative estimate of drug-likeness (QED) is 0.222. The van der Waals surface area contributed by atoms with Crippen molar-refractivity contribution in [1.29, 1.82) is 0 Å². The number of carbonyl (C=O) groups excluding carboxylic acids is 2. The molecule has 1 amide bonds. The van der Waals surface area contributed by atoms with Gasteiger partial charge in [0.2, 0.25) is 0 Å². The van der Waals surface area contributed by atoms with Crippen molar-refractivity contribution in [3.63, 3.8) is 0 Å². The van der Waals surface area contributed by atoms with Crippen LogP contribution in [0.1, 0.15) is 29.2 Å². The van der Waals surface area contributed by atoms with Crippen molar-refractivity contribution in [2.75, 3.05) is 10.8 Å². The second kappa shape index (κ2) is 11.0. The Bertz CT molecular complexity index is 1330. The van der Waals surface area contributed by atoms with Crippen LogP contribution in [-0.2, 0) is 19.6 Å². The summed E-state index contributed by atoms with van der Waals surface area (Å²) in [5.74, 6) is -0.635. The first-order chi connectivity index (χ1) is 16.5. The number of ether oxygens (including phenoxy) is 1. The number of nitrogens with zero attached hydrogens (tertiary/aromatic N) is 2. The molecule has 0 bridgehead atoms. The van der Waals surface area contributed by atoms with Crippen molar-refractivity contribution in [2.24, 2.45) is 5.10 Å². The van der Waals surface area contributed by atoms with Crippen molar-refractivity contribution in [1.82, 2.24) is 5.43 Å². The lowest BCUT2D eigenvalue weighted by atomic mass is 10.1. The Labute approximate surface area is 205 Å². The first-order valence-electron chi connectivity index (χ1n) is 10.8. The van der Waals surface area contributed by atoms with E-state index in [1.165, 1.54) is 25.3 Å². The second-order valence-corrected chi connectivity index (χ2v) is 9.99. The lowest BCUT2D eigenvalue weighted by molar-refractivity contribution is -0.131. The van der Waals surface area contributed by atoms with Gasteiger partial charge in [0.1, 0.15) is 12.3 Å². The molecule has 3 rings (SSSR count). The molecule has 9 heteroatoms. The number of nitrogens with one attached hydrogen (secondary N) is 1. The highest BCUT2D eigenvalue weighted by Gasteiger charge is 2.27. The molecule has 35 heavy (non-hydrogen) atoms. The van der Waals surface area contributed by atoms with Crippen LogP contribution >= 0.6 is 0 Å². The van der Waals surface area contributed by atoms with Crippen LogP contribution in [0.15, 0.2) is 76.7 Å². The topological polar surface area (TPSA) is 105 Å². The normalized spacial score (nSPS) is 11.3.